The third kappa shape index (κ3) is 1.59. The smallest absolute Gasteiger partial charge is 0.0399 e. The van der Waals surface area contributed by atoms with E-state index in [-0.39, 0.29) is 0 Å². The lowest BCUT2D eigenvalue weighted by molar-refractivity contribution is 0.387. The van der Waals surface area contributed by atoms with Gasteiger partial charge in [-0.05, 0) is 43.0 Å². The molecule has 1 aliphatic carbocycles. The molecule has 0 bridgehead atoms. The molecule has 0 unspecified atom stereocenters. The molecule has 0 atom stereocenters. The Labute approximate surface area is 99.6 Å². The summed E-state index contributed by atoms with van der Waals surface area (Å²) in [7, 11) is 0. The van der Waals surface area contributed by atoms with Crippen molar-refractivity contribution in [1.29, 1.82) is 0 Å². The summed E-state index contributed by atoms with van der Waals surface area (Å²) in [6, 6.07) is 6.68. The number of rotatable bonds is 2. The lowest BCUT2D eigenvalue weighted by atomic mass is 9.94. The molecule has 2 fully saturated rings. The van der Waals surface area contributed by atoms with Crippen LogP contribution >= 0.6 is 15.9 Å². The lowest BCUT2D eigenvalue weighted by Gasteiger charge is -2.42. The van der Waals surface area contributed by atoms with Crippen molar-refractivity contribution in [3.63, 3.8) is 0 Å². The molecule has 15 heavy (non-hydrogen) atoms. The molecule has 1 aromatic carbocycles. The van der Waals surface area contributed by atoms with Gasteiger partial charge < -0.3 is 4.90 Å². The van der Waals surface area contributed by atoms with E-state index in [2.05, 4.69) is 46.0 Å². The number of hydrogen-bond acceptors (Lipinski definition) is 1. The highest BCUT2D eigenvalue weighted by Crippen LogP contribution is 2.54. The Morgan fingerprint density at radius 2 is 2.07 bits per heavy atom. The molecule has 1 heterocycles. The fourth-order valence-corrected chi connectivity index (χ4v) is 2.98. The topological polar surface area (TPSA) is 3.24 Å². The molecule has 2 heteroatoms. The van der Waals surface area contributed by atoms with Crippen molar-refractivity contribution in [3.8, 4) is 0 Å². The van der Waals surface area contributed by atoms with Gasteiger partial charge in [0.1, 0.15) is 0 Å². The van der Waals surface area contributed by atoms with Gasteiger partial charge in [0.15, 0.2) is 0 Å². The molecular weight excluding hydrogens is 250 g/mol. The van der Waals surface area contributed by atoms with Crippen molar-refractivity contribution < 1.29 is 0 Å². The van der Waals surface area contributed by atoms with Gasteiger partial charge in [-0.1, -0.05) is 22.9 Å². The SMILES string of the molecule is CCc1cc(Br)ccc1N1CC2(CC2)C1. The van der Waals surface area contributed by atoms with Gasteiger partial charge in [-0.25, -0.2) is 0 Å². The third-order valence-corrected chi connectivity index (χ3v) is 4.27. The molecule has 0 amide bonds. The van der Waals surface area contributed by atoms with Gasteiger partial charge in [0.2, 0.25) is 0 Å². The van der Waals surface area contributed by atoms with Crippen LogP contribution in [0.3, 0.4) is 0 Å². The summed E-state index contributed by atoms with van der Waals surface area (Å²) in [5, 5.41) is 0. The standard InChI is InChI=1S/C13H16BrN/c1-2-10-7-11(14)3-4-12(10)15-8-13(9-15)5-6-13/h3-4,7H,2,5-6,8-9H2,1H3. The van der Waals surface area contributed by atoms with Crippen molar-refractivity contribution in [2.45, 2.75) is 26.2 Å². The Morgan fingerprint density at radius 3 is 2.67 bits per heavy atom. The van der Waals surface area contributed by atoms with E-state index in [4.69, 9.17) is 0 Å². The molecule has 0 radical (unpaired) electrons. The van der Waals surface area contributed by atoms with Crippen molar-refractivity contribution in [1.82, 2.24) is 0 Å². The van der Waals surface area contributed by atoms with E-state index in [0.29, 0.717) is 0 Å². The Kier molecular flexibility index (Phi) is 2.10. The van der Waals surface area contributed by atoms with Crippen LogP contribution in [0.1, 0.15) is 25.3 Å². The summed E-state index contributed by atoms with van der Waals surface area (Å²) >= 11 is 3.54. The van der Waals surface area contributed by atoms with Gasteiger partial charge in [0.25, 0.3) is 0 Å². The van der Waals surface area contributed by atoms with Crippen LogP contribution in [-0.2, 0) is 6.42 Å². The molecule has 1 nitrogen and oxygen atoms in total. The van der Waals surface area contributed by atoms with Crippen LogP contribution in [0.25, 0.3) is 0 Å². The van der Waals surface area contributed by atoms with Crippen LogP contribution < -0.4 is 4.90 Å². The summed E-state index contributed by atoms with van der Waals surface area (Å²) in [5.74, 6) is 0. The molecule has 3 rings (SSSR count). The predicted octanol–water partition coefficient (Wildman–Crippen LogP) is 3.61. The number of nitrogens with zero attached hydrogens (tertiary/aromatic N) is 1. The minimum Gasteiger partial charge on any atom is -0.370 e. The number of hydrogen-bond donors (Lipinski definition) is 0. The summed E-state index contributed by atoms with van der Waals surface area (Å²) < 4.78 is 1.20. The average Bonchev–Trinajstić information content (AvgIpc) is 2.95. The van der Waals surface area contributed by atoms with Crippen LogP contribution in [-0.4, -0.2) is 13.1 Å². The van der Waals surface area contributed by atoms with Gasteiger partial charge in [0.05, 0.1) is 0 Å². The van der Waals surface area contributed by atoms with E-state index < -0.39 is 0 Å². The number of aryl methyl sites for hydroxylation is 1. The van der Waals surface area contributed by atoms with Gasteiger partial charge in [-0.15, -0.1) is 0 Å². The van der Waals surface area contributed by atoms with Crippen molar-refractivity contribution in [3.05, 3.63) is 28.2 Å². The Balaban J connectivity index is 1.84. The average molecular weight is 266 g/mol. The van der Waals surface area contributed by atoms with E-state index in [1.165, 1.54) is 41.7 Å². The largest absolute Gasteiger partial charge is 0.370 e. The summed E-state index contributed by atoms with van der Waals surface area (Å²) in [5.41, 5.74) is 3.68. The van der Waals surface area contributed by atoms with Crippen LogP contribution in [0, 0.1) is 5.41 Å². The van der Waals surface area contributed by atoms with E-state index >= 15 is 0 Å². The number of halogens is 1. The Hall–Kier alpha value is -0.500. The van der Waals surface area contributed by atoms with Gasteiger partial charge in [-0.2, -0.15) is 0 Å². The maximum atomic E-state index is 3.54. The second kappa shape index (κ2) is 3.24. The molecule has 80 valence electrons. The first-order chi connectivity index (χ1) is 7.22. The molecule has 1 spiro atoms. The van der Waals surface area contributed by atoms with E-state index in [9.17, 15) is 0 Å². The fourth-order valence-electron chi connectivity index (χ4n) is 2.57. The second-order valence-corrected chi connectivity index (χ2v) is 5.90. The minimum absolute atomic E-state index is 0.748. The van der Waals surface area contributed by atoms with Crippen LogP contribution in [0.4, 0.5) is 5.69 Å². The van der Waals surface area contributed by atoms with Crippen LogP contribution in [0.15, 0.2) is 22.7 Å². The van der Waals surface area contributed by atoms with E-state index in [1.807, 2.05) is 0 Å². The molecule has 1 saturated carbocycles. The highest BCUT2D eigenvalue weighted by atomic mass is 79.9. The summed E-state index contributed by atoms with van der Waals surface area (Å²) in [4.78, 5) is 2.54. The molecular formula is C13H16BrN. The van der Waals surface area contributed by atoms with Gasteiger partial charge in [0, 0.05) is 28.7 Å². The first kappa shape index (κ1) is 9.71. The molecule has 2 aliphatic rings. The van der Waals surface area contributed by atoms with E-state index in [0.717, 1.165) is 11.8 Å². The van der Waals surface area contributed by atoms with Crippen molar-refractivity contribution in [2.24, 2.45) is 5.41 Å². The minimum atomic E-state index is 0.748. The van der Waals surface area contributed by atoms with Gasteiger partial charge >= 0.3 is 0 Å². The number of benzene rings is 1. The quantitative estimate of drug-likeness (QED) is 0.790. The first-order valence-corrected chi connectivity index (χ1v) is 6.55. The van der Waals surface area contributed by atoms with E-state index in [1.54, 1.807) is 0 Å². The monoisotopic (exact) mass is 265 g/mol. The summed E-state index contributed by atoms with van der Waals surface area (Å²) in [6.07, 6.45) is 4.04. The van der Waals surface area contributed by atoms with Gasteiger partial charge in [-0.3, -0.25) is 0 Å². The first-order valence-electron chi connectivity index (χ1n) is 5.76. The molecule has 1 saturated heterocycles. The number of anilines is 1. The predicted molar refractivity (Wildman–Crippen MR) is 67.4 cm³/mol. The summed E-state index contributed by atoms with van der Waals surface area (Å²) in [6.45, 7) is 4.82. The maximum Gasteiger partial charge on any atom is 0.0399 e. The highest BCUT2D eigenvalue weighted by Gasteiger charge is 2.52. The molecule has 0 N–H and O–H groups in total. The molecule has 1 aromatic rings. The maximum absolute atomic E-state index is 3.54. The Morgan fingerprint density at radius 1 is 1.33 bits per heavy atom. The van der Waals surface area contributed by atoms with Crippen LogP contribution in [0.2, 0.25) is 0 Å². The highest BCUT2D eigenvalue weighted by molar-refractivity contribution is 9.10. The lowest BCUT2D eigenvalue weighted by Crippen LogP contribution is -2.48. The van der Waals surface area contributed by atoms with Crippen LogP contribution in [0.5, 0.6) is 0 Å². The zero-order chi connectivity index (χ0) is 10.5. The van der Waals surface area contributed by atoms with Crippen molar-refractivity contribution in [2.75, 3.05) is 18.0 Å². The second-order valence-electron chi connectivity index (χ2n) is 4.98. The molecule has 0 aromatic heterocycles. The zero-order valence-electron chi connectivity index (χ0n) is 9.09. The fraction of sp³-hybridized carbons (Fsp3) is 0.538. The normalized spacial score (nSPS) is 21.6. The zero-order valence-corrected chi connectivity index (χ0v) is 10.7. The Bertz CT molecular complexity index is 388. The third-order valence-electron chi connectivity index (χ3n) is 3.77. The van der Waals surface area contributed by atoms with Crippen molar-refractivity contribution >= 4 is 21.6 Å². The molecule has 1 aliphatic heterocycles.